The Kier molecular flexibility index (Phi) is 3.03. The van der Waals surface area contributed by atoms with Crippen LogP contribution in [-0.4, -0.2) is 48.1 Å². The molecule has 5 heteroatoms. The lowest BCUT2D eigenvalue weighted by atomic mass is 10.3. The van der Waals surface area contributed by atoms with Crippen LogP contribution in [0.15, 0.2) is 11.8 Å². The molecule has 0 saturated carbocycles. The summed E-state index contributed by atoms with van der Waals surface area (Å²) >= 11 is 0. The molecule has 0 bridgehead atoms. The quantitative estimate of drug-likeness (QED) is 0.774. The third-order valence-electron chi connectivity index (χ3n) is 3.66. The molecule has 1 unspecified atom stereocenters. The van der Waals surface area contributed by atoms with Crippen LogP contribution in [0.1, 0.15) is 25.7 Å². The number of hydrogen-bond donors (Lipinski definition) is 1. The molecule has 3 heterocycles. The van der Waals surface area contributed by atoms with Gasteiger partial charge in [-0.25, -0.2) is 4.84 Å². The number of amides is 1. The summed E-state index contributed by atoms with van der Waals surface area (Å²) in [5.74, 6) is 0.204. The minimum Gasteiger partial charge on any atom is -0.311 e. The molecule has 1 amide bonds. The minimum atomic E-state index is -0.192. The predicted octanol–water partition coefficient (Wildman–Crippen LogP) is 0.449. The van der Waals surface area contributed by atoms with Crippen LogP contribution >= 0.6 is 0 Å². The highest BCUT2D eigenvalue weighted by atomic mass is 16.7. The van der Waals surface area contributed by atoms with E-state index < -0.39 is 0 Å². The number of nitrogens with zero attached hydrogens (tertiary/aromatic N) is 2. The molecule has 0 aliphatic carbocycles. The Morgan fingerprint density at radius 3 is 2.82 bits per heavy atom. The molecule has 0 radical (unpaired) electrons. The Labute approximate surface area is 101 Å². The van der Waals surface area contributed by atoms with Crippen LogP contribution in [-0.2, 0) is 9.63 Å². The average Bonchev–Trinajstić information content (AvgIpc) is 3.00. The van der Waals surface area contributed by atoms with Gasteiger partial charge in [-0.05, 0) is 38.4 Å². The van der Waals surface area contributed by atoms with Crippen molar-refractivity contribution in [1.29, 1.82) is 0 Å². The van der Waals surface area contributed by atoms with Crippen LogP contribution in [0.5, 0.6) is 0 Å². The van der Waals surface area contributed by atoms with E-state index in [4.69, 9.17) is 4.84 Å². The summed E-state index contributed by atoms with van der Waals surface area (Å²) < 4.78 is 0. The van der Waals surface area contributed by atoms with E-state index in [1.807, 2.05) is 11.0 Å². The lowest BCUT2D eigenvalue weighted by molar-refractivity contribution is -0.139. The molecule has 17 heavy (non-hydrogen) atoms. The number of rotatable bonds is 3. The van der Waals surface area contributed by atoms with Gasteiger partial charge >= 0.3 is 0 Å². The van der Waals surface area contributed by atoms with Crippen molar-refractivity contribution >= 4 is 5.91 Å². The van der Waals surface area contributed by atoms with Crippen molar-refractivity contribution in [3.8, 4) is 0 Å². The van der Waals surface area contributed by atoms with Crippen LogP contribution in [0, 0.1) is 0 Å². The largest absolute Gasteiger partial charge is 0.311 e. The zero-order valence-corrected chi connectivity index (χ0v) is 10.0. The molecular formula is C12H19N3O2. The fraction of sp³-hybridized carbons (Fsp3) is 0.750. The van der Waals surface area contributed by atoms with Crippen molar-refractivity contribution in [2.24, 2.45) is 0 Å². The van der Waals surface area contributed by atoms with Gasteiger partial charge in [0, 0.05) is 19.5 Å². The van der Waals surface area contributed by atoms with E-state index >= 15 is 0 Å². The number of carbonyl (C=O) groups excluding carboxylic acids is 1. The molecule has 0 aromatic heterocycles. The fourth-order valence-electron chi connectivity index (χ4n) is 2.73. The van der Waals surface area contributed by atoms with E-state index in [1.54, 1.807) is 0 Å². The van der Waals surface area contributed by atoms with Gasteiger partial charge in [0.25, 0.3) is 0 Å². The second-order valence-corrected chi connectivity index (χ2v) is 4.98. The van der Waals surface area contributed by atoms with Crippen molar-refractivity contribution < 1.29 is 9.63 Å². The number of hydrogen-bond acceptors (Lipinski definition) is 4. The molecule has 0 aromatic carbocycles. The lowest BCUT2D eigenvalue weighted by Gasteiger charge is -2.20. The van der Waals surface area contributed by atoms with Crippen LogP contribution in [0.2, 0.25) is 0 Å². The SMILES string of the molecule is O=C1CCCN1C1C=C(CN2CCCC2)NO1. The second-order valence-electron chi connectivity index (χ2n) is 4.98. The summed E-state index contributed by atoms with van der Waals surface area (Å²) in [4.78, 5) is 21.3. The van der Waals surface area contributed by atoms with Crippen LogP contribution in [0.4, 0.5) is 0 Å². The first-order valence-corrected chi connectivity index (χ1v) is 6.47. The van der Waals surface area contributed by atoms with E-state index in [-0.39, 0.29) is 12.1 Å². The zero-order chi connectivity index (χ0) is 11.7. The highest BCUT2D eigenvalue weighted by molar-refractivity contribution is 5.78. The van der Waals surface area contributed by atoms with Crippen molar-refractivity contribution in [3.05, 3.63) is 11.8 Å². The van der Waals surface area contributed by atoms with E-state index in [2.05, 4.69) is 10.4 Å². The Balaban J connectivity index is 1.58. The number of carbonyl (C=O) groups is 1. The first-order chi connectivity index (χ1) is 8.33. The molecule has 1 N–H and O–H groups in total. The van der Waals surface area contributed by atoms with Gasteiger partial charge < -0.3 is 4.90 Å². The van der Waals surface area contributed by atoms with E-state index in [9.17, 15) is 4.79 Å². The van der Waals surface area contributed by atoms with E-state index in [0.717, 1.165) is 25.2 Å². The van der Waals surface area contributed by atoms with E-state index in [1.165, 1.54) is 25.9 Å². The molecule has 2 fully saturated rings. The van der Waals surface area contributed by atoms with E-state index in [0.29, 0.717) is 6.42 Å². The standard InChI is InChI=1S/C12H19N3O2/c16-11-4-3-7-15(11)12-8-10(13-17-12)9-14-5-1-2-6-14/h8,12-13H,1-7,9H2. The average molecular weight is 237 g/mol. The number of nitrogens with one attached hydrogen (secondary N) is 1. The normalized spacial score (nSPS) is 29.9. The predicted molar refractivity (Wildman–Crippen MR) is 62.7 cm³/mol. The maximum absolute atomic E-state index is 11.6. The van der Waals surface area contributed by atoms with Gasteiger partial charge in [-0.3, -0.25) is 15.2 Å². The van der Waals surface area contributed by atoms with Crippen molar-refractivity contribution in [2.75, 3.05) is 26.2 Å². The molecule has 0 aromatic rings. The Morgan fingerprint density at radius 1 is 1.29 bits per heavy atom. The number of likely N-dealkylation sites (tertiary alicyclic amines) is 2. The summed E-state index contributed by atoms with van der Waals surface area (Å²) in [5.41, 5.74) is 4.05. The summed E-state index contributed by atoms with van der Waals surface area (Å²) in [6, 6.07) is 0. The first kappa shape index (κ1) is 11.0. The smallest absolute Gasteiger partial charge is 0.224 e. The van der Waals surface area contributed by atoms with Gasteiger partial charge in [0.2, 0.25) is 5.91 Å². The molecule has 0 spiro atoms. The highest BCUT2D eigenvalue weighted by Gasteiger charge is 2.31. The zero-order valence-electron chi connectivity index (χ0n) is 10.0. The van der Waals surface area contributed by atoms with Gasteiger partial charge in [0.1, 0.15) is 0 Å². The summed E-state index contributed by atoms with van der Waals surface area (Å²) in [6.07, 6.45) is 6.05. The second kappa shape index (κ2) is 4.66. The van der Waals surface area contributed by atoms with Gasteiger partial charge in [-0.1, -0.05) is 0 Å². The maximum Gasteiger partial charge on any atom is 0.224 e. The van der Waals surface area contributed by atoms with Crippen molar-refractivity contribution in [1.82, 2.24) is 15.3 Å². The molecule has 3 aliphatic heterocycles. The maximum atomic E-state index is 11.6. The summed E-state index contributed by atoms with van der Waals surface area (Å²) in [7, 11) is 0. The van der Waals surface area contributed by atoms with Crippen LogP contribution < -0.4 is 5.48 Å². The first-order valence-electron chi connectivity index (χ1n) is 6.47. The minimum absolute atomic E-state index is 0.192. The molecule has 2 saturated heterocycles. The molecular weight excluding hydrogens is 218 g/mol. The van der Waals surface area contributed by atoms with Gasteiger partial charge in [0.05, 0.1) is 5.70 Å². The molecule has 3 aliphatic rings. The molecule has 5 nitrogen and oxygen atoms in total. The highest BCUT2D eigenvalue weighted by Crippen LogP contribution is 2.20. The third kappa shape index (κ3) is 2.30. The Morgan fingerprint density at radius 2 is 2.12 bits per heavy atom. The summed E-state index contributed by atoms with van der Waals surface area (Å²) in [5, 5.41) is 0. The lowest BCUT2D eigenvalue weighted by Crippen LogP contribution is -2.36. The molecule has 3 rings (SSSR count). The van der Waals surface area contributed by atoms with Gasteiger partial charge in [-0.2, -0.15) is 0 Å². The summed E-state index contributed by atoms with van der Waals surface area (Å²) in [6.45, 7) is 4.08. The van der Waals surface area contributed by atoms with Crippen molar-refractivity contribution in [3.63, 3.8) is 0 Å². The Hall–Kier alpha value is -1.07. The van der Waals surface area contributed by atoms with Crippen LogP contribution in [0.25, 0.3) is 0 Å². The van der Waals surface area contributed by atoms with Gasteiger partial charge in [0.15, 0.2) is 6.23 Å². The fourth-order valence-corrected chi connectivity index (χ4v) is 2.73. The van der Waals surface area contributed by atoms with Gasteiger partial charge in [-0.15, -0.1) is 0 Å². The topological polar surface area (TPSA) is 44.8 Å². The molecule has 1 atom stereocenters. The molecule has 94 valence electrons. The van der Waals surface area contributed by atoms with Crippen molar-refractivity contribution in [2.45, 2.75) is 31.9 Å². The monoisotopic (exact) mass is 237 g/mol. The third-order valence-corrected chi connectivity index (χ3v) is 3.66. The number of hydroxylamine groups is 1. The van der Waals surface area contributed by atoms with Crippen LogP contribution in [0.3, 0.4) is 0 Å². The Bertz CT molecular complexity index is 337.